The molecular weight excluding hydrogens is 430 g/mol. The van der Waals surface area contributed by atoms with Gasteiger partial charge in [0.15, 0.2) is 5.78 Å². The van der Waals surface area contributed by atoms with Crippen LogP contribution in [0.4, 0.5) is 0 Å². The quantitative estimate of drug-likeness (QED) is 0.617. The molecule has 2 aliphatic rings. The summed E-state index contributed by atoms with van der Waals surface area (Å²) in [5, 5.41) is 2.89. The van der Waals surface area contributed by atoms with Gasteiger partial charge in [-0.15, -0.1) is 0 Å². The molecule has 3 aromatic rings. The van der Waals surface area contributed by atoms with E-state index in [0.29, 0.717) is 24.9 Å². The van der Waals surface area contributed by atoms with Crippen molar-refractivity contribution >= 4 is 17.6 Å². The molecule has 2 aromatic carbocycles. The Bertz CT molecular complexity index is 1180. The van der Waals surface area contributed by atoms with Crippen molar-refractivity contribution in [2.75, 3.05) is 13.2 Å². The van der Waals surface area contributed by atoms with Crippen molar-refractivity contribution < 1.29 is 19.1 Å². The molecule has 3 atom stereocenters. The van der Waals surface area contributed by atoms with E-state index in [4.69, 9.17) is 4.74 Å². The number of nitrogens with one attached hydrogen (secondary N) is 1. The van der Waals surface area contributed by atoms with Crippen molar-refractivity contribution in [2.45, 2.75) is 31.0 Å². The second kappa shape index (κ2) is 9.57. The molecule has 0 bridgehead atoms. The number of nitrogens with zero attached hydrogens (tertiary/aromatic N) is 2. The number of carbonyl (C=O) groups excluding carboxylic acids is 3. The summed E-state index contributed by atoms with van der Waals surface area (Å²) in [7, 11) is 0. The highest BCUT2D eigenvalue weighted by atomic mass is 16.5. The third-order valence-electron chi connectivity index (χ3n) is 6.38. The number of aromatic nitrogens is 1. The number of ether oxygens (including phenoxy) is 1. The molecule has 0 saturated carbocycles. The van der Waals surface area contributed by atoms with E-state index in [9.17, 15) is 14.4 Å². The molecule has 2 aliphatic heterocycles. The highest BCUT2D eigenvalue weighted by Gasteiger charge is 2.48. The van der Waals surface area contributed by atoms with Gasteiger partial charge in [-0.05, 0) is 24.1 Å². The number of rotatable bonds is 6. The van der Waals surface area contributed by atoms with E-state index < -0.39 is 12.1 Å². The molecule has 1 N–H and O–H groups in total. The van der Waals surface area contributed by atoms with Crippen molar-refractivity contribution in [1.82, 2.24) is 15.2 Å². The first-order chi connectivity index (χ1) is 16.6. The third-order valence-corrected chi connectivity index (χ3v) is 6.38. The lowest BCUT2D eigenvalue weighted by atomic mass is 10.0. The third kappa shape index (κ3) is 4.47. The van der Waals surface area contributed by atoms with Crippen LogP contribution in [0, 0.1) is 0 Å². The lowest BCUT2D eigenvalue weighted by Gasteiger charge is -2.27. The summed E-state index contributed by atoms with van der Waals surface area (Å²) in [6, 6.07) is 21.3. The summed E-state index contributed by atoms with van der Waals surface area (Å²) in [5.41, 5.74) is 3.00. The van der Waals surface area contributed by atoms with E-state index in [0.717, 1.165) is 16.8 Å². The maximum Gasteiger partial charge on any atom is 0.253 e. The minimum atomic E-state index is -0.809. The molecule has 0 aliphatic carbocycles. The second-order valence-corrected chi connectivity index (χ2v) is 8.59. The average Bonchev–Trinajstić information content (AvgIpc) is 3.47. The number of carbonyl (C=O) groups is 3. The molecule has 0 radical (unpaired) electrons. The first-order valence-corrected chi connectivity index (χ1v) is 11.4. The average molecular weight is 456 g/mol. The van der Waals surface area contributed by atoms with Crippen LogP contribution >= 0.6 is 0 Å². The Balaban J connectivity index is 1.35. The van der Waals surface area contributed by atoms with Gasteiger partial charge in [-0.2, -0.15) is 0 Å². The maximum atomic E-state index is 13.5. The predicted octanol–water partition coefficient (Wildman–Crippen LogP) is 2.66. The summed E-state index contributed by atoms with van der Waals surface area (Å²) < 4.78 is 5.53. The number of pyridine rings is 1. The number of fused-ring (bicyclic) bond motifs is 1. The van der Waals surface area contributed by atoms with Gasteiger partial charge in [-0.3, -0.25) is 19.4 Å². The molecule has 172 valence electrons. The van der Waals surface area contributed by atoms with E-state index >= 15 is 0 Å². The largest absolute Gasteiger partial charge is 0.368 e. The number of amides is 2. The standard InChI is InChI=1S/C27H25N3O4/c31-23-17-34-24-13-14-30(25(23)24)27(33)22(15-18-7-3-1-4-8-18)29-26(32)20-11-12-21(28-16-20)19-9-5-2-6-10-19/h1-12,16,22,24-25H,13-15,17H2,(H,29,32). The smallest absolute Gasteiger partial charge is 0.253 e. The Labute approximate surface area is 197 Å². The maximum absolute atomic E-state index is 13.5. The number of benzene rings is 2. The van der Waals surface area contributed by atoms with E-state index in [1.54, 1.807) is 17.0 Å². The normalized spacial score (nSPS) is 20.1. The van der Waals surface area contributed by atoms with Crippen LogP contribution in [0.2, 0.25) is 0 Å². The number of hydrogen-bond donors (Lipinski definition) is 1. The molecule has 34 heavy (non-hydrogen) atoms. The van der Waals surface area contributed by atoms with Crippen molar-refractivity contribution in [3.05, 3.63) is 90.1 Å². The van der Waals surface area contributed by atoms with Crippen LogP contribution in [0.3, 0.4) is 0 Å². The number of ketones is 1. The van der Waals surface area contributed by atoms with Gasteiger partial charge in [0.05, 0.1) is 17.4 Å². The molecule has 5 rings (SSSR count). The fourth-order valence-electron chi connectivity index (χ4n) is 4.64. The number of likely N-dealkylation sites (tertiary alicyclic amines) is 1. The van der Waals surface area contributed by atoms with Gasteiger partial charge < -0.3 is 15.0 Å². The van der Waals surface area contributed by atoms with Gasteiger partial charge in [0, 0.05) is 24.7 Å². The molecule has 3 heterocycles. The SMILES string of the molecule is O=C(NC(Cc1ccccc1)C(=O)N1CCC2OCC(=O)C21)c1ccc(-c2ccccc2)nc1. The molecule has 3 unspecified atom stereocenters. The van der Waals surface area contributed by atoms with Crippen molar-refractivity contribution in [1.29, 1.82) is 0 Å². The molecule has 2 fully saturated rings. The van der Waals surface area contributed by atoms with Crippen LogP contribution in [-0.4, -0.2) is 58.8 Å². The van der Waals surface area contributed by atoms with Crippen LogP contribution in [0.5, 0.6) is 0 Å². The zero-order valence-electron chi connectivity index (χ0n) is 18.6. The van der Waals surface area contributed by atoms with E-state index in [1.165, 1.54) is 6.20 Å². The predicted molar refractivity (Wildman–Crippen MR) is 126 cm³/mol. The van der Waals surface area contributed by atoms with Gasteiger partial charge >= 0.3 is 0 Å². The summed E-state index contributed by atoms with van der Waals surface area (Å²) in [5.74, 6) is -0.732. The summed E-state index contributed by atoms with van der Waals surface area (Å²) in [4.78, 5) is 44.9. The Morgan fingerprint density at radius 3 is 2.47 bits per heavy atom. The van der Waals surface area contributed by atoms with Crippen molar-refractivity contribution in [3.63, 3.8) is 0 Å². The van der Waals surface area contributed by atoms with Crippen molar-refractivity contribution in [2.24, 2.45) is 0 Å². The number of Topliss-reactive ketones (excluding diaryl/α,β-unsaturated/α-hetero) is 1. The topological polar surface area (TPSA) is 88.6 Å². The zero-order chi connectivity index (χ0) is 23.5. The fourth-order valence-corrected chi connectivity index (χ4v) is 4.64. The molecule has 0 spiro atoms. The van der Waals surface area contributed by atoms with Gasteiger partial charge in [-0.25, -0.2) is 0 Å². The lowest BCUT2D eigenvalue weighted by Crippen LogP contribution is -2.53. The van der Waals surface area contributed by atoms with Crippen molar-refractivity contribution in [3.8, 4) is 11.3 Å². The second-order valence-electron chi connectivity index (χ2n) is 8.59. The Morgan fingerprint density at radius 2 is 1.76 bits per heavy atom. The van der Waals surface area contributed by atoms with E-state index in [-0.39, 0.29) is 30.3 Å². The molecular formula is C27H25N3O4. The van der Waals surface area contributed by atoms with Gasteiger partial charge in [-0.1, -0.05) is 60.7 Å². The molecule has 7 heteroatoms. The Kier molecular flexibility index (Phi) is 6.18. The number of hydrogen-bond acceptors (Lipinski definition) is 5. The van der Waals surface area contributed by atoms with Gasteiger partial charge in [0.1, 0.15) is 18.7 Å². The first-order valence-electron chi connectivity index (χ1n) is 11.4. The Morgan fingerprint density at radius 1 is 1.03 bits per heavy atom. The molecule has 2 amide bonds. The monoisotopic (exact) mass is 455 g/mol. The molecule has 7 nitrogen and oxygen atoms in total. The minimum absolute atomic E-state index is 0.0360. The lowest BCUT2D eigenvalue weighted by molar-refractivity contribution is -0.138. The zero-order valence-corrected chi connectivity index (χ0v) is 18.6. The van der Waals surface area contributed by atoms with Gasteiger partial charge in [0.2, 0.25) is 5.91 Å². The Hall–Kier alpha value is -3.84. The van der Waals surface area contributed by atoms with Crippen LogP contribution in [0.1, 0.15) is 22.3 Å². The van der Waals surface area contributed by atoms with E-state index in [2.05, 4.69) is 10.3 Å². The summed E-state index contributed by atoms with van der Waals surface area (Å²) >= 11 is 0. The highest BCUT2D eigenvalue weighted by Crippen LogP contribution is 2.28. The summed E-state index contributed by atoms with van der Waals surface area (Å²) in [6.45, 7) is 0.475. The minimum Gasteiger partial charge on any atom is -0.368 e. The molecule has 1 aromatic heterocycles. The van der Waals surface area contributed by atoms with Crippen LogP contribution in [0.25, 0.3) is 11.3 Å². The van der Waals surface area contributed by atoms with Crippen LogP contribution in [0.15, 0.2) is 79.0 Å². The van der Waals surface area contributed by atoms with Gasteiger partial charge in [0.25, 0.3) is 5.91 Å². The summed E-state index contributed by atoms with van der Waals surface area (Å²) in [6.07, 6.45) is 2.21. The van der Waals surface area contributed by atoms with E-state index in [1.807, 2.05) is 60.7 Å². The van der Waals surface area contributed by atoms with Crippen LogP contribution < -0.4 is 5.32 Å². The van der Waals surface area contributed by atoms with Crippen LogP contribution in [-0.2, 0) is 20.7 Å². The highest BCUT2D eigenvalue weighted by molar-refractivity contribution is 5.99. The fraction of sp³-hybridized carbons (Fsp3) is 0.259. The molecule has 2 saturated heterocycles. The first kappa shape index (κ1) is 22.0.